The molecule has 0 aliphatic carbocycles. The first kappa shape index (κ1) is 16.8. The Bertz CT molecular complexity index is 510. The van der Waals surface area contributed by atoms with Gasteiger partial charge in [0.15, 0.2) is 0 Å². The van der Waals surface area contributed by atoms with Gasteiger partial charge in [-0.2, -0.15) is 5.10 Å². The van der Waals surface area contributed by atoms with Crippen LogP contribution in [-0.2, 0) is 13.5 Å². The van der Waals surface area contributed by atoms with Crippen molar-refractivity contribution in [3.05, 3.63) is 17.0 Å². The van der Waals surface area contributed by atoms with E-state index in [1.807, 2.05) is 23.6 Å². The van der Waals surface area contributed by atoms with Gasteiger partial charge in [-0.05, 0) is 51.5 Å². The summed E-state index contributed by atoms with van der Waals surface area (Å²) in [5.74, 6) is 0. The molecule has 0 aromatic carbocycles. The van der Waals surface area contributed by atoms with Crippen molar-refractivity contribution in [3.8, 4) is 0 Å². The molecule has 0 bridgehead atoms. The lowest BCUT2D eigenvalue weighted by atomic mass is 10.0. The van der Waals surface area contributed by atoms with E-state index in [0.29, 0.717) is 13.0 Å². The number of carbonyl (C=O) groups excluding carboxylic acids is 1. The van der Waals surface area contributed by atoms with Crippen LogP contribution in [0.25, 0.3) is 0 Å². The molecule has 2 amide bonds. The summed E-state index contributed by atoms with van der Waals surface area (Å²) in [6.45, 7) is 5.61. The third-order valence-electron chi connectivity index (χ3n) is 4.66. The minimum atomic E-state index is -0.00246. The van der Waals surface area contributed by atoms with Crippen LogP contribution in [0.1, 0.15) is 42.6 Å². The number of hydrogen-bond donors (Lipinski definition) is 2. The summed E-state index contributed by atoms with van der Waals surface area (Å²) in [6, 6.07) is 0.179. The van der Waals surface area contributed by atoms with Crippen LogP contribution in [0.4, 0.5) is 4.79 Å². The first-order valence-electron chi connectivity index (χ1n) is 8.19. The number of aryl methyl sites for hydroxylation is 2. The minimum Gasteiger partial charge on any atom is -0.396 e. The van der Waals surface area contributed by atoms with Crippen LogP contribution < -0.4 is 5.32 Å². The number of aliphatic hydroxyl groups excluding tert-OH is 1. The maximum Gasteiger partial charge on any atom is 0.317 e. The van der Waals surface area contributed by atoms with Crippen molar-refractivity contribution in [2.75, 3.05) is 19.7 Å². The van der Waals surface area contributed by atoms with Crippen molar-refractivity contribution in [3.63, 3.8) is 0 Å². The van der Waals surface area contributed by atoms with Crippen LogP contribution in [0.2, 0.25) is 0 Å². The van der Waals surface area contributed by atoms with Gasteiger partial charge in [0, 0.05) is 38.5 Å². The van der Waals surface area contributed by atoms with E-state index in [4.69, 9.17) is 5.11 Å². The molecular weight excluding hydrogens is 280 g/mol. The summed E-state index contributed by atoms with van der Waals surface area (Å²) in [7, 11) is 1.94. The minimum absolute atomic E-state index is 0.00246. The lowest BCUT2D eigenvalue weighted by Crippen LogP contribution is -2.49. The van der Waals surface area contributed by atoms with Gasteiger partial charge in [-0.1, -0.05) is 0 Å². The number of urea groups is 1. The molecule has 0 saturated carbocycles. The van der Waals surface area contributed by atoms with E-state index in [0.717, 1.165) is 43.6 Å². The fraction of sp³-hybridized carbons (Fsp3) is 0.750. The second-order valence-corrected chi connectivity index (χ2v) is 6.11. The lowest BCUT2D eigenvalue weighted by Gasteiger charge is -2.35. The van der Waals surface area contributed by atoms with Crippen LogP contribution in [0.5, 0.6) is 0 Å². The molecule has 1 aromatic rings. The average Bonchev–Trinajstić information content (AvgIpc) is 2.74. The molecule has 2 N–H and O–H groups in total. The maximum atomic E-state index is 12.4. The zero-order valence-electron chi connectivity index (χ0n) is 13.9. The highest BCUT2D eigenvalue weighted by molar-refractivity contribution is 5.74. The maximum absolute atomic E-state index is 12.4. The quantitative estimate of drug-likeness (QED) is 0.866. The van der Waals surface area contributed by atoms with Crippen LogP contribution in [-0.4, -0.2) is 51.6 Å². The molecule has 1 aliphatic rings. The van der Waals surface area contributed by atoms with E-state index in [1.165, 1.54) is 5.56 Å². The highest BCUT2D eigenvalue weighted by Crippen LogP contribution is 2.19. The predicted octanol–water partition coefficient (Wildman–Crippen LogP) is 1.53. The summed E-state index contributed by atoms with van der Waals surface area (Å²) in [4.78, 5) is 14.3. The summed E-state index contributed by atoms with van der Waals surface area (Å²) < 4.78 is 1.88. The van der Waals surface area contributed by atoms with Crippen molar-refractivity contribution in [2.24, 2.45) is 7.05 Å². The zero-order valence-corrected chi connectivity index (χ0v) is 13.9. The molecule has 1 unspecified atom stereocenters. The highest BCUT2D eigenvalue weighted by atomic mass is 16.3. The Morgan fingerprint density at radius 2 is 2.18 bits per heavy atom. The Labute approximate surface area is 132 Å². The average molecular weight is 308 g/mol. The molecule has 1 aromatic heterocycles. The number of carbonyl (C=O) groups is 1. The second kappa shape index (κ2) is 7.63. The number of amides is 2. The summed E-state index contributed by atoms with van der Waals surface area (Å²) in [5, 5.41) is 16.6. The smallest absolute Gasteiger partial charge is 0.317 e. The standard InChI is InChI=1S/C16H28N4O2/c1-12-15(13(2)19(3)18-12)7-9-17-16(22)20-10-5-4-6-14(20)8-11-21/h14,21H,4-11H2,1-3H3,(H,17,22). The largest absolute Gasteiger partial charge is 0.396 e. The van der Waals surface area contributed by atoms with Crippen molar-refractivity contribution >= 4 is 6.03 Å². The molecule has 1 saturated heterocycles. The van der Waals surface area contributed by atoms with Gasteiger partial charge < -0.3 is 15.3 Å². The van der Waals surface area contributed by atoms with Gasteiger partial charge in [0.1, 0.15) is 0 Å². The van der Waals surface area contributed by atoms with E-state index in [-0.39, 0.29) is 18.7 Å². The molecule has 22 heavy (non-hydrogen) atoms. The van der Waals surface area contributed by atoms with Gasteiger partial charge in [-0.25, -0.2) is 4.79 Å². The molecule has 1 atom stereocenters. The molecule has 2 rings (SSSR count). The van der Waals surface area contributed by atoms with Gasteiger partial charge >= 0.3 is 6.03 Å². The zero-order chi connectivity index (χ0) is 16.1. The summed E-state index contributed by atoms with van der Waals surface area (Å²) in [5.41, 5.74) is 3.40. The number of likely N-dealkylation sites (tertiary alicyclic amines) is 1. The van der Waals surface area contributed by atoms with Gasteiger partial charge in [-0.3, -0.25) is 4.68 Å². The van der Waals surface area contributed by atoms with Gasteiger partial charge in [0.25, 0.3) is 0 Å². The fourth-order valence-electron chi connectivity index (χ4n) is 3.29. The number of hydrogen-bond acceptors (Lipinski definition) is 3. The van der Waals surface area contributed by atoms with Crippen molar-refractivity contribution in [2.45, 2.75) is 52.0 Å². The van der Waals surface area contributed by atoms with Crippen molar-refractivity contribution in [1.29, 1.82) is 0 Å². The van der Waals surface area contributed by atoms with Crippen LogP contribution >= 0.6 is 0 Å². The van der Waals surface area contributed by atoms with E-state index in [9.17, 15) is 4.79 Å². The number of aromatic nitrogens is 2. The first-order chi connectivity index (χ1) is 10.5. The van der Waals surface area contributed by atoms with Gasteiger partial charge in [0.2, 0.25) is 0 Å². The molecule has 1 fully saturated rings. The first-order valence-corrected chi connectivity index (χ1v) is 8.19. The van der Waals surface area contributed by atoms with Crippen LogP contribution in [0.3, 0.4) is 0 Å². The third kappa shape index (κ3) is 3.80. The van der Waals surface area contributed by atoms with E-state index in [2.05, 4.69) is 17.3 Å². The number of piperidine rings is 1. The summed E-state index contributed by atoms with van der Waals surface area (Å²) >= 11 is 0. The van der Waals surface area contributed by atoms with Gasteiger partial charge in [0.05, 0.1) is 5.69 Å². The van der Waals surface area contributed by atoms with E-state index in [1.54, 1.807) is 0 Å². The topological polar surface area (TPSA) is 70.4 Å². The third-order valence-corrected chi connectivity index (χ3v) is 4.66. The van der Waals surface area contributed by atoms with Gasteiger partial charge in [-0.15, -0.1) is 0 Å². The number of nitrogens with zero attached hydrogens (tertiary/aromatic N) is 3. The Morgan fingerprint density at radius 1 is 1.41 bits per heavy atom. The Hall–Kier alpha value is -1.56. The monoisotopic (exact) mass is 308 g/mol. The Balaban J connectivity index is 1.86. The van der Waals surface area contributed by atoms with Crippen LogP contribution in [0, 0.1) is 13.8 Å². The number of aliphatic hydroxyl groups is 1. The van der Waals surface area contributed by atoms with Crippen molar-refractivity contribution in [1.82, 2.24) is 20.0 Å². The van der Waals surface area contributed by atoms with Crippen molar-refractivity contribution < 1.29 is 9.90 Å². The molecule has 6 nitrogen and oxygen atoms in total. The number of nitrogens with one attached hydrogen (secondary N) is 1. The Kier molecular flexibility index (Phi) is 5.83. The Morgan fingerprint density at radius 3 is 2.82 bits per heavy atom. The van der Waals surface area contributed by atoms with Crippen LogP contribution in [0.15, 0.2) is 0 Å². The molecule has 0 spiro atoms. The molecule has 124 valence electrons. The molecule has 0 radical (unpaired) electrons. The molecule has 1 aliphatic heterocycles. The fourth-order valence-corrected chi connectivity index (χ4v) is 3.29. The molecular formula is C16H28N4O2. The SMILES string of the molecule is Cc1nn(C)c(C)c1CCNC(=O)N1CCCCC1CCO. The van der Waals surface area contributed by atoms with E-state index >= 15 is 0 Å². The molecule has 6 heteroatoms. The van der Waals surface area contributed by atoms with E-state index < -0.39 is 0 Å². The number of rotatable bonds is 5. The summed E-state index contributed by atoms with van der Waals surface area (Å²) in [6.07, 6.45) is 4.66. The highest BCUT2D eigenvalue weighted by Gasteiger charge is 2.25. The normalized spacial score (nSPS) is 18.5. The second-order valence-electron chi connectivity index (χ2n) is 6.11. The molecule has 2 heterocycles. The predicted molar refractivity (Wildman–Crippen MR) is 85.8 cm³/mol. The lowest BCUT2D eigenvalue weighted by molar-refractivity contribution is 0.132.